The van der Waals surface area contributed by atoms with Crippen LogP contribution in [0.3, 0.4) is 0 Å². The number of nitrogen functional groups attached to an aromatic ring is 1. The van der Waals surface area contributed by atoms with Gasteiger partial charge in [-0.25, -0.2) is 0 Å². The summed E-state index contributed by atoms with van der Waals surface area (Å²) in [7, 11) is 0. The van der Waals surface area contributed by atoms with E-state index in [1.54, 1.807) is 0 Å². The first kappa shape index (κ1) is 10.1. The number of fused-ring (bicyclic) bond motifs is 1. The Morgan fingerprint density at radius 1 is 1.35 bits per heavy atom. The fourth-order valence-corrected chi connectivity index (χ4v) is 2.23. The predicted octanol–water partition coefficient (Wildman–Crippen LogP) is 1.99. The average molecular weight is 224 g/mol. The number of hydrogen-bond donors (Lipinski definition) is 1. The molecule has 0 aliphatic heterocycles. The molecule has 84 valence electrons. The Bertz CT molecular complexity index is 621. The van der Waals surface area contributed by atoms with Gasteiger partial charge in [-0.2, -0.15) is 9.83 Å². The quantitative estimate of drug-likeness (QED) is 0.626. The van der Waals surface area contributed by atoms with Gasteiger partial charge in [0.2, 0.25) is 5.52 Å². The minimum atomic E-state index is 0.559. The van der Waals surface area contributed by atoms with E-state index in [2.05, 4.69) is 16.8 Å². The third-order valence-corrected chi connectivity index (χ3v) is 3.36. The van der Waals surface area contributed by atoms with Gasteiger partial charge in [-0.3, -0.25) is 0 Å². The van der Waals surface area contributed by atoms with Crippen molar-refractivity contribution in [3.63, 3.8) is 0 Å². The molecule has 1 aliphatic rings. The van der Waals surface area contributed by atoms with Crippen LogP contribution in [-0.2, 0) is 6.54 Å². The maximum atomic E-state index is 9.16. The van der Waals surface area contributed by atoms with Crippen LogP contribution in [0.2, 0.25) is 0 Å². The van der Waals surface area contributed by atoms with Crippen molar-refractivity contribution in [3.8, 4) is 6.07 Å². The first-order valence-corrected chi connectivity index (χ1v) is 5.90. The summed E-state index contributed by atoms with van der Waals surface area (Å²) in [6.45, 7) is 1.05. The summed E-state index contributed by atoms with van der Waals surface area (Å²) in [4.78, 5) is 0. The predicted molar refractivity (Wildman–Crippen MR) is 66.0 cm³/mol. The lowest BCUT2D eigenvalue weighted by atomic mass is 10.1. The molecule has 1 saturated carbocycles. The molecule has 1 fully saturated rings. The summed E-state index contributed by atoms with van der Waals surface area (Å²) in [5.74, 6) is 0.814. The summed E-state index contributed by atoms with van der Waals surface area (Å²) in [6, 6.07) is 9.98. The van der Waals surface area contributed by atoms with Gasteiger partial charge in [-0.05, 0) is 25.0 Å². The molecular weight excluding hydrogens is 210 g/mol. The summed E-state index contributed by atoms with van der Waals surface area (Å²) in [6.07, 6.45) is 4.73. The molecule has 2 N–H and O–H groups in total. The lowest BCUT2D eigenvalue weighted by molar-refractivity contribution is -0.674. The number of pyridine rings is 1. The van der Waals surface area contributed by atoms with Crippen LogP contribution in [-0.4, -0.2) is 0 Å². The Morgan fingerprint density at radius 2 is 2.18 bits per heavy atom. The molecule has 1 aliphatic carbocycles. The van der Waals surface area contributed by atoms with E-state index in [0.717, 1.165) is 23.4 Å². The summed E-state index contributed by atoms with van der Waals surface area (Å²) >= 11 is 0. The smallest absolute Gasteiger partial charge is 0.213 e. The molecule has 0 bridgehead atoms. The van der Waals surface area contributed by atoms with Crippen molar-refractivity contribution >= 4 is 16.6 Å². The molecule has 1 heterocycles. The fourth-order valence-electron chi connectivity index (χ4n) is 2.23. The van der Waals surface area contributed by atoms with Crippen LogP contribution < -0.4 is 10.3 Å². The number of nitrogens with zero attached hydrogens (tertiary/aromatic N) is 2. The molecule has 1 aromatic heterocycles. The van der Waals surface area contributed by atoms with Crippen molar-refractivity contribution in [2.75, 3.05) is 5.73 Å². The highest BCUT2D eigenvalue weighted by Gasteiger charge is 2.27. The zero-order chi connectivity index (χ0) is 11.8. The van der Waals surface area contributed by atoms with Crippen LogP contribution in [0.4, 0.5) is 5.69 Å². The minimum absolute atomic E-state index is 0.559. The molecule has 0 amide bonds. The SMILES string of the molecule is N#Cc1c(N)ccc2c1ccc[n+]2CC1CC1. The summed E-state index contributed by atoms with van der Waals surface area (Å²) < 4.78 is 2.23. The van der Waals surface area contributed by atoms with E-state index in [0.29, 0.717) is 11.3 Å². The van der Waals surface area contributed by atoms with Crippen LogP contribution in [0.5, 0.6) is 0 Å². The Kier molecular flexibility index (Phi) is 2.22. The van der Waals surface area contributed by atoms with E-state index < -0.39 is 0 Å². The van der Waals surface area contributed by atoms with E-state index in [1.807, 2.05) is 24.3 Å². The van der Waals surface area contributed by atoms with E-state index in [1.165, 1.54) is 12.8 Å². The van der Waals surface area contributed by atoms with Crippen molar-refractivity contribution in [1.82, 2.24) is 0 Å². The Morgan fingerprint density at radius 3 is 2.88 bits per heavy atom. The molecule has 3 rings (SSSR count). The first-order valence-electron chi connectivity index (χ1n) is 5.90. The second kappa shape index (κ2) is 3.74. The van der Waals surface area contributed by atoms with Gasteiger partial charge in [0.15, 0.2) is 12.7 Å². The molecule has 0 radical (unpaired) electrons. The molecule has 1 aromatic carbocycles. The van der Waals surface area contributed by atoms with Gasteiger partial charge in [0.25, 0.3) is 0 Å². The van der Waals surface area contributed by atoms with Crippen LogP contribution in [0.15, 0.2) is 30.5 Å². The summed E-state index contributed by atoms with van der Waals surface area (Å²) in [5, 5.41) is 10.1. The molecule has 0 unspecified atom stereocenters. The maximum Gasteiger partial charge on any atom is 0.213 e. The van der Waals surface area contributed by atoms with Crippen molar-refractivity contribution < 1.29 is 4.57 Å². The second-order valence-corrected chi connectivity index (χ2v) is 4.68. The van der Waals surface area contributed by atoms with Crippen molar-refractivity contribution in [3.05, 3.63) is 36.0 Å². The van der Waals surface area contributed by atoms with Crippen molar-refractivity contribution in [1.29, 1.82) is 5.26 Å². The summed E-state index contributed by atoms with van der Waals surface area (Å²) in [5.41, 5.74) is 8.08. The molecule has 0 atom stereocenters. The fraction of sp³-hybridized carbons (Fsp3) is 0.286. The molecule has 0 spiro atoms. The number of benzene rings is 1. The average Bonchev–Trinajstić information content (AvgIpc) is 3.13. The normalized spacial score (nSPS) is 14.8. The van der Waals surface area contributed by atoms with Crippen molar-refractivity contribution in [2.24, 2.45) is 5.92 Å². The number of anilines is 1. The number of nitriles is 1. The Balaban J connectivity index is 2.22. The third kappa shape index (κ3) is 1.72. The van der Waals surface area contributed by atoms with Crippen LogP contribution in [0.1, 0.15) is 18.4 Å². The lowest BCUT2D eigenvalue weighted by Gasteiger charge is -2.03. The van der Waals surface area contributed by atoms with Gasteiger partial charge in [0, 0.05) is 18.1 Å². The zero-order valence-electron chi connectivity index (χ0n) is 9.56. The van der Waals surface area contributed by atoms with Gasteiger partial charge in [0.1, 0.15) is 6.07 Å². The van der Waals surface area contributed by atoms with Gasteiger partial charge >= 0.3 is 0 Å². The van der Waals surface area contributed by atoms with Crippen molar-refractivity contribution in [2.45, 2.75) is 19.4 Å². The lowest BCUT2D eigenvalue weighted by Crippen LogP contribution is -2.35. The van der Waals surface area contributed by atoms with Gasteiger partial charge < -0.3 is 5.73 Å². The van der Waals surface area contributed by atoms with Gasteiger partial charge in [-0.1, -0.05) is 0 Å². The number of hydrogen-bond acceptors (Lipinski definition) is 2. The molecule has 0 saturated heterocycles. The van der Waals surface area contributed by atoms with Gasteiger partial charge in [-0.15, -0.1) is 0 Å². The highest BCUT2D eigenvalue weighted by Crippen LogP contribution is 2.29. The highest BCUT2D eigenvalue weighted by molar-refractivity contribution is 5.87. The molecule has 3 heteroatoms. The maximum absolute atomic E-state index is 9.16. The molecule has 2 aromatic rings. The highest BCUT2D eigenvalue weighted by atomic mass is 15.0. The largest absolute Gasteiger partial charge is 0.398 e. The van der Waals surface area contributed by atoms with E-state index >= 15 is 0 Å². The molecule has 3 nitrogen and oxygen atoms in total. The Labute approximate surface area is 100 Å². The monoisotopic (exact) mass is 224 g/mol. The molecular formula is C14H14N3+. The Hall–Kier alpha value is -2.08. The zero-order valence-corrected chi connectivity index (χ0v) is 9.56. The van der Waals surface area contributed by atoms with Crippen LogP contribution in [0.25, 0.3) is 10.9 Å². The van der Waals surface area contributed by atoms with Crippen LogP contribution in [0, 0.1) is 17.2 Å². The van der Waals surface area contributed by atoms with E-state index in [9.17, 15) is 0 Å². The standard InChI is InChI=1S/C14H14N3/c15-8-12-11-2-1-7-17(9-10-3-4-10)14(11)6-5-13(12)16/h1-2,5-7,10H,3-4,9,16H2/q+1. The first-order chi connectivity index (χ1) is 8.29. The third-order valence-electron chi connectivity index (χ3n) is 3.36. The number of aromatic nitrogens is 1. The minimum Gasteiger partial charge on any atom is -0.398 e. The number of nitrogens with two attached hydrogens (primary N) is 1. The topological polar surface area (TPSA) is 53.7 Å². The van der Waals surface area contributed by atoms with Gasteiger partial charge in [0.05, 0.1) is 16.6 Å². The molecule has 17 heavy (non-hydrogen) atoms. The second-order valence-electron chi connectivity index (χ2n) is 4.68. The van der Waals surface area contributed by atoms with Crippen LogP contribution >= 0.6 is 0 Å². The van der Waals surface area contributed by atoms with E-state index in [4.69, 9.17) is 11.0 Å². The van der Waals surface area contributed by atoms with E-state index in [-0.39, 0.29) is 0 Å². The number of rotatable bonds is 2.